The molecule has 0 aromatic rings. The maximum absolute atomic E-state index is 13.0. The fraction of sp³-hybridized carbons (Fsp3) is 0.727. The maximum atomic E-state index is 13.0. The molecule has 1 N–H and O–H groups in total. The van der Waals surface area contributed by atoms with Gasteiger partial charge in [0, 0.05) is 19.9 Å². The molecule has 0 radical (unpaired) electrons. The first-order chi connectivity index (χ1) is 6.96. The van der Waals surface area contributed by atoms with E-state index < -0.39 is 11.3 Å². The predicted octanol–water partition coefficient (Wildman–Crippen LogP) is 2.50. The van der Waals surface area contributed by atoms with E-state index in [0.29, 0.717) is 6.42 Å². The van der Waals surface area contributed by atoms with Crippen LogP contribution < -0.4 is 5.32 Å². The summed E-state index contributed by atoms with van der Waals surface area (Å²) < 4.78 is 26.0. The summed E-state index contributed by atoms with van der Waals surface area (Å²) in [6.07, 6.45) is 2.20. The molecule has 0 saturated heterocycles. The molecule has 0 aliphatic heterocycles. The van der Waals surface area contributed by atoms with Crippen LogP contribution in [0.15, 0.2) is 12.7 Å². The summed E-state index contributed by atoms with van der Waals surface area (Å²) in [6, 6.07) is 0. The van der Waals surface area contributed by atoms with Gasteiger partial charge in [-0.3, -0.25) is 4.79 Å². The van der Waals surface area contributed by atoms with Crippen molar-refractivity contribution >= 4 is 5.91 Å². The highest BCUT2D eigenvalue weighted by molar-refractivity contribution is 5.82. The summed E-state index contributed by atoms with van der Waals surface area (Å²) in [4.78, 5) is 11.7. The zero-order valence-electron chi connectivity index (χ0n) is 8.98. The quantitative estimate of drug-likeness (QED) is 0.723. The van der Waals surface area contributed by atoms with Crippen molar-refractivity contribution in [2.75, 3.05) is 7.05 Å². The lowest BCUT2D eigenvalue weighted by atomic mass is 9.70. The van der Waals surface area contributed by atoms with E-state index in [4.69, 9.17) is 0 Å². The van der Waals surface area contributed by atoms with Gasteiger partial charge >= 0.3 is 0 Å². The summed E-state index contributed by atoms with van der Waals surface area (Å²) in [6.45, 7) is 3.59. The molecule has 0 spiro atoms. The maximum Gasteiger partial charge on any atom is 0.248 e. The fourth-order valence-electron chi connectivity index (χ4n) is 2.16. The lowest BCUT2D eigenvalue weighted by molar-refractivity contribution is -0.138. The van der Waals surface area contributed by atoms with E-state index in [2.05, 4.69) is 11.9 Å². The molecule has 0 bridgehead atoms. The molecular weight excluding hydrogens is 200 g/mol. The molecular formula is C11H17F2NO. The van der Waals surface area contributed by atoms with Crippen LogP contribution in [0, 0.1) is 5.41 Å². The molecule has 2 nitrogen and oxygen atoms in total. The van der Waals surface area contributed by atoms with Crippen molar-refractivity contribution in [2.45, 2.75) is 38.0 Å². The van der Waals surface area contributed by atoms with Gasteiger partial charge in [0.25, 0.3) is 0 Å². The first kappa shape index (κ1) is 12.1. The molecule has 0 aromatic heterocycles. The number of hydrogen-bond donors (Lipinski definition) is 1. The highest BCUT2D eigenvalue weighted by Crippen LogP contribution is 2.45. The predicted molar refractivity (Wildman–Crippen MR) is 54.7 cm³/mol. The molecule has 0 aromatic carbocycles. The lowest BCUT2D eigenvalue weighted by Crippen LogP contribution is -2.44. The molecule has 1 aliphatic carbocycles. The largest absolute Gasteiger partial charge is 0.359 e. The van der Waals surface area contributed by atoms with Gasteiger partial charge in [-0.15, -0.1) is 6.58 Å². The average molecular weight is 217 g/mol. The SMILES string of the molecule is C=CCC1(C(=O)NC)CCC(F)(F)CC1. The Labute approximate surface area is 88.7 Å². The molecule has 1 fully saturated rings. The molecule has 1 amide bonds. The minimum Gasteiger partial charge on any atom is -0.359 e. The van der Waals surface area contributed by atoms with Crippen molar-refractivity contribution in [3.05, 3.63) is 12.7 Å². The summed E-state index contributed by atoms with van der Waals surface area (Å²) >= 11 is 0. The number of carbonyl (C=O) groups excluding carboxylic acids is 1. The van der Waals surface area contributed by atoms with Gasteiger partial charge in [-0.1, -0.05) is 6.08 Å². The van der Waals surface area contributed by atoms with E-state index in [9.17, 15) is 13.6 Å². The summed E-state index contributed by atoms with van der Waals surface area (Å²) in [5.41, 5.74) is -0.655. The van der Waals surface area contributed by atoms with Crippen LogP contribution in [-0.2, 0) is 4.79 Å². The number of halogens is 2. The topological polar surface area (TPSA) is 29.1 Å². The standard InChI is InChI=1S/C11H17F2NO/c1-3-4-10(9(15)14-2)5-7-11(12,13)8-6-10/h3H,1,4-8H2,2H3,(H,14,15). The van der Waals surface area contributed by atoms with Crippen molar-refractivity contribution in [3.63, 3.8) is 0 Å². The normalized spacial score (nSPS) is 23.1. The van der Waals surface area contributed by atoms with Gasteiger partial charge in [0.05, 0.1) is 5.41 Å². The molecule has 0 atom stereocenters. The number of amides is 1. The van der Waals surface area contributed by atoms with Crippen LogP contribution >= 0.6 is 0 Å². The van der Waals surface area contributed by atoms with E-state index >= 15 is 0 Å². The van der Waals surface area contributed by atoms with Crippen LogP contribution in [-0.4, -0.2) is 18.9 Å². The van der Waals surface area contributed by atoms with Gasteiger partial charge in [0.1, 0.15) is 0 Å². The number of carbonyl (C=O) groups is 1. The zero-order valence-corrected chi connectivity index (χ0v) is 8.98. The minimum absolute atomic E-state index is 0.141. The smallest absolute Gasteiger partial charge is 0.248 e. The molecule has 15 heavy (non-hydrogen) atoms. The Balaban J connectivity index is 2.77. The first-order valence-corrected chi connectivity index (χ1v) is 5.17. The molecule has 0 unspecified atom stereocenters. The van der Waals surface area contributed by atoms with Crippen molar-refractivity contribution in [3.8, 4) is 0 Å². The molecule has 4 heteroatoms. The van der Waals surface area contributed by atoms with E-state index in [-0.39, 0.29) is 31.6 Å². The van der Waals surface area contributed by atoms with E-state index in [1.807, 2.05) is 0 Å². The van der Waals surface area contributed by atoms with Crippen molar-refractivity contribution in [1.29, 1.82) is 0 Å². The number of hydrogen-bond acceptors (Lipinski definition) is 1. The van der Waals surface area contributed by atoms with Crippen LogP contribution in [0.1, 0.15) is 32.1 Å². The Hall–Kier alpha value is -0.930. The number of alkyl halides is 2. The van der Waals surface area contributed by atoms with Crippen LogP contribution in [0.5, 0.6) is 0 Å². The second-order valence-corrected chi connectivity index (χ2v) is 4.21. The van der Waals surface area contributed by atoms with Gasteiger partial charge in [0.15, 0.2) is 0 Å². The number of allylic oxidation sites excluding steroid dienone is 1. The lowest BCUT2D eigenvalue weighted by Gasteiger charge is -2.37. The van der Waals surface area contributed by atoms with Crippen molar-refractivity contribution in [2.24, 2.45) is 5.41 Å². The second kappa shape index (κ2) is 4.29. The van der Waals surface area contributed by atoms with Crippen molar-refractivity contribution < 1.29 is 13.6 Å². The Morgan fingerprint density at radius 1 is 1.40 bits per heavy atom. The van der Waals surface area contributed by atoms with Crippen LogP contribution in [0.2, 0.25) is 0 Å². The second-order valence-electron chi connectivity index (χ2n) is 4.21. The highest BCUT2D eigenvalue weighted by Gasteiger charge is 2.46. The Kier molecular flexibility index (Phi) is 3.47. The van der Waals surface area contributed by atoms with Gasteiger partial charge in [0.2, 0.25) is 11.8 Å². The summed E-state index contributed by atoms with van der Waals surface area (Å²) in [5, 5.41) is 2.56. The van der Waals surface area contributed by atoms with Gasteiger partial charge < -0.3 is 5.32 Å². The fourth-order valence-corrected chi connectivity index (χ4v) is 2.16. The summed E-state index contributed by atoms with van der Waals surface area (Å²) in [7, 11) is 1.54. The molecule has 86 valence electrons. The molecule has 1 rings (SSSR count). The monoisotopic (exact) mass is 217 g/mol. The summed E-state index contributed by atoms with van der Waals surface area (Å²) in [5.74, 6) is -2.74. The molecule has 1 saturated carbocycles. The van der Waals surface area contributed by atoms with Crippen molar-refractivity contribution in [1.82, 2.24) is 5.32 Å². The van der Waals surface area contributed by atoms with E-state index in [0.717, 1.165) is 0 Å². The van der Waals surface area contributed by atoms with Crippen LogP contribution in [0.4, 0.5) is 8.78 Å². The first-order valence-electron chi connectivity index (χ1n) is 5.17. The third-order valence-electron chi connectivity index (χ3n) is 3.18. The average Bonchev–Trinajstić information content (AvgIpc) is 2.21. The zero-order chi connectivity index (χ0) is 11.5. The van der Waals surface area contributed by atoms with Crippen LogP contribution in [0.3, 0.4) is 0 Å². The van der Waals surface area contributed by atoms with Gasteiger partial charge in [-0.25, -0.2) is 8.78 Å². The Morgan fingerprint density at radius 2 is 1.93 bits per heavy atom. The Bertz CT molecular complexity index is 253. The number of nitrogens with one attached hydrogen (secondary N) is 1. The molecule has 0 heterocycles. The molecule has 1 aliphatic rings. The van der Waals surface area contributed by atoms with E-state index in [1.165, 1.54) is 0 Å². The van der Waals surface area contributed by atoms with Gasteiger partial charge in [-0.2, -0.15) is 0 Å². The number of rotatable bonds is 3. The highest BCUT2D eigenvalue weighted by atomic mass is 19.3. The minimum atomic E-state index is -2.60. The van der Waals surface area contributed by atoms with Crippen LogP contribution in [0.25, 0.3) is 0 Å². The third-order valence-corrected chi connectivity index (χ3v) is 3.18. The Morgan fingerprint density at radius 3 is 2.33 bits per heavy atom. The van der Waals surface area contributed by atoms with E-state index in [1.54, 1.807) is 13.1 Å². The van der Waals surface area contributed by atoms with Gasteiger partial charge in [-0.05, 0) is 19.3 Å². The third kappa shape index (κ3) is 2.55.